The highest BCUT2D eigenvalue weighted by Crippen LogP contribution is 2.21. The Balaban J connectivity index is 2.90. The van der Waals surface area contributed by atoms with Gasteiger partial charge in [0, 0.05) is 11.1 Å². The van der Waals surface area contributed by atoms with Gasteiger partial charge in [-0.1, -0.05) is 12.1 Å². The van der Waals surface area contributed by atoms with Gasteiger partial charge < -0.3 is 5.11 Å². The van der Waals surface area contributed by atoms with E-state index in [9.17, 15) is 4.79 Å². The van der Waals surface area contributed by atoms with Gasteiger partial charge in [0.25, 0.3) is 0 Å². The van der Waals surface area contributed by atoms with Gasteiger partial charge in [-0.2, -0.15) is 0 Å². The van der Waals surface area contributed by atoms with Crippen LogP contribution in [0.3, 0.4) is 0 Å². The molecule has 0 aliphatic rings. The molecule has 2 aromatic rings. The Hall–Kier alpha value is -1.90. The highest BCUT2D eigenvalue weighted by Gasteiger charge is 2.10. The zero-order valence-electron chi connectivity index (χ0n) is 8.61. The number of fused-ring (bicyclic) bond motifs is 1. The maximum Gasteiger partial charge on any atom is 0.337 e. The molecule has 3 nitrogen and oxygen atoms in total. The zero-order chi connectivity index (χ0) is 11.0. The van der Waals surface area contributed by atoms with Crippen LogP contribution in [0.1, 0.15) is 21.6 Å². The van der Waals surface area contributed by atoms with E-state index < -0.39 is 5.97 Å². The maximum absolute atomic E-state index is 11.0. The van der Waals surface area contributed by atoms with Gasteiger partial charge in [-0.25, -0.2) is 4.79 Å². The molecule has 0 aliphatic carbocycles. The minimum atomic E-state index is -0.932. The summed E-state index contributed by atoms with van der Waals surface area (Å²) >= 11 is 0. The quantitative estimate of drug-likeness (QED) is 0.771. The van der Waals surface area contributed by atoms with Crippen LogP contribution in [-0.2, 0) is 0 Å². The van der Waals surface area contributed by atoms with Gasteiger partial charge >= 0.3 is 5.97 Å². The van der Waals surface area contributed by atoms with Crippen molar-refractivity contribution in [3.8, 4) is 0 Å². The summed E-state index contributed by atoms with van der Waals surface area (Å²) in [7, 11) is 0. The van der Waals surface area contributed by atoms with Crippen molar-refractivity contribution in [2.45, 2.75) is 13.8 Å². The van der Waals surface area contributed by atoms with Crippen LogP contribution in [0.4, 0.5) is 0 Å². The minimum absolute atomic E-state index is 0.263. The van der Waals surface area contributed by atoms with Gasteiger partial charge in [0.05, 0.1) is 11.1 Å². The van der Waals surface area contributed by atoms with Crippen LogP contribution < -0.4 is 0 Å². The van der Waals surface area contributed by atoms with Gasteiger partial charge in [0.1, 0.15) is 0 Å². The van der Waals surface area contributed by atoms with Crippen LogP contribution in [0.5, 0.6) is 0 Å². The van der Waals surface area contributed by atoms with E-state index in [2.05, 4.69) is 4.98 Å². The third kappa shape index (κ3) is 1.56. The number of pyridine rings is 1. The first kappa shape index (κ1) is 9.65. The van der Waals surface area contributed by atoms with Crippen LogP contribution in [0.2, 0.25) is 0 Å². The molecule has 1 N–H and O–H groups in total. The van der Waals surface area contributed by atoms with Crippen LogP contribution in [0.25, 0.3) is 10.9 Å². The summed E-state index contributed by atoms with van der Waals surface area (Å²) in [5.74, 6) is -0.932. The minimum Gasteiger partial charge on any atom is -0.478 e. The zero-order valence-corrected chi connectivity index (χ0v) is 8.61. The molecule has 0 bridgehead atoms. The lowest BCUT2D eigenvalue weighted by molar-refractivity contribution is 0.0699. The number of carbonyl (C=O) groups is 1. The first-order chi connectivity index (χ1) is 7.09. The van der Waals surface area contributed by atoms with Crippen molar-refractivity contribution in [3.05, 3.63) is 41.1 Å². The van der Waals surface area contributed by atoms with Crippen molar-refractivity contribution < 1.29 is 9.90 Å². The summed E-state index contributed by atoms with van der Waals surface area (Å²) in [6.45, 7) is 3.80. The second-order valence-electron chi connectivity index (χ2n) is 3.58. The second-order valence-corrected chi connectivity index (χ2v) is 3.58. The molecule has 76 valence electrons. The molecule has 0 aliphatic heterocycles. The van der Waals surface area contributed by atoms with Crippen molar-refractivity contribution >= 4 is 16.9 Å². The molecule has 0 saturated heterocycles. The maximum atomic E-state index is 11.0. The average molecular weight is 201 g/mol. The Morgan fingerprint density at radius 3 is 2.60 bits per heavy atom. The van der Waals surface area contributed by atoms with Gasteiger partial charge in [0.2, 0.25) is 0 Å². The average Bonchev–Trinajstić information content (AvgIpc) is 2.17. The van der Waals surface area contributed by atoms with Gasteiger partial charge in [-0.05, 0) is 31.5 Å². The van der Waals surface area contributed by atoms with Crippen molar-refractivity contribution in [1.29, 1.82) is 0 Å². The SMILES string of the molecule is Cc1ccc2c(C)ccc(C(=O)O)c2n1. The Morgan fingerprint density at radius 2 is 1.93 bits per heavy atom. The molecule has 1 aromatic carbocycles. The van der Waals surface area contributed by atoms with E-state index in [1.54, 1.807) is 6.07 Å². The van der Waals surface area contributed by atoms with Crippen LogP contribution >= 0.6 is 0 Å². The lowest BCUT2D eigenvalue weighted by Gasteiger charge is -2.05. The molecule has 0 unspecified atom stereocenters. The number of aryl methyl sites for hydroxylation is 2. The van der Waals surface area contributed by atoms with Gasteiger partial charge in [-0.15, -0.1) is 0 Å². The molecule has 0 spiro atoms. The molecule has 1 heterocycles. The van der Waals surface area contributed by atoms with E-state index >= 15 is 0 Å². The molecule has 2 rings (SSSR count). The number of aromatic nitrogens is 1. The van der Waals surface area contributed by atoms with E-state index in [0.717, 1.165) is 16.6 Å². The fourth-order valence-electron chi connectivity index (χ4n) is 1.63. The lowest BCUT2D eigenvalue weighted by Crippen LogP contribution is -2.00. The van der Waals surface area contributed by atoms with Gasteiger partial charge in [-0.3, -0.25) is 4.98 Å². The van der Waals surface area contributed by atoms with Crippen LogP contribution in [-0.4, -0.2) is 16.1 Å². The molecule has 0 fully saturated rings. The predicted molar refractivity (Wildman–Crippen MR) is 58.2 cm³/mol. The highest BCUT2D eigenvalue weighted by atomic mass is 16.4. The third-order valence-corrected chi connectivity index (χ3v) is 2.44. The molecule has 0 atom stereocenters. The molecule has 15 heavy (non-hydrogen) atoms. The fourth-order valence-corrected chi connectivity index (χ4v) is 1.63. The Kier molecular flexibility index (Phi) is 2.15. The normalized spacial score (nSPS) is 10.5. The summed E-state index contributed by atoms with van der Waals surface area (Å²) in [4.78, 5) is 15.3. The topological polar surface area (TPSA) is 50.2 Å². The molecule has 1 aromatic heterocycles. The molecular formula is C12H11NO2. The lowest BCUT2D eigenvalue weighted by atomic mass is 10.0. The number of hydrogen-bond donors (Lipinski definition) is 1. The molecule has 3 heteroatoms. The monoisotopic (exact) mass is 201 g/mol. The first-order valence-electron chi connectivity index (χ1n) is 4.70. The fraction of sp³-hybridized carbons (Fsp3) is 0.167. The largest absolute Gasteiger partial charge is 0.478 e. The van der Waals surface area contributed by atoms with E-state index in [1.165, 1.54) is 0 Å². The number of rotatable bonds is 1. The standard InChI is InChI=1S/C12H11NO2/c1-7-3-5-10(12(14)15)11-9(7)6-4-8(2)13-11/h3-6H,1-2H3,(H,14,15). The number of hydrogen-bond acceptors (Lipinski definition) is 2. The van der Waals surface area contributed by atoms with E-state index in [0.29, 0.717) is 5.52 Å². The Bertz CT molecular complexity index is 547. The molecule has 0 amide bonds. The number of aromatic carboxylic acids is 1. The van der Waals surface area contributed by atoms with Crippen molar-refractivity contribution in [1.82, 2.24) is 4.98 Å². The predicted octanol–water partition coefficient (Wildman–Crippen LogP) is 2.55. The van der Waals surface area contributed by atoms with Crippen molar-refractivity contribution in [2.24, 2.45) is 0 Å². The smallest absolute Gasteiger partial charge is 0.337 e. The summed E-state index contributed by atoms with van der Waals surface area (Å²) in [5, 5.41) is 9.93. The second kappa shape index (κ2) is 3.35. The summed E-state index contributed by atoms with van der Waals surface area (Å²) < 4.78 is 0. The van der Waals surface area contributed by atoms with Crippen LogP contribution in [0, 0.1) is 13.8 Å². The van der Waals surface area contributed by atoms with E-state index in [-0.39, 0.29) is 5.56 Å². The van der Waals surface area contributed by atoms with E-state index in [1.807, 2.05) is 32.0 Å². The number of carboxylic acids is 1. The third-order valence-electron chi connectivity index (χ3n) is 2.44. The Morgan fingerprint density at radius 1 is 1.20 bits per heavy atom. The van der Waals surface area contributed by atoms with Crippen molar-refractivity contribution in [2.75, 3.05) is 0 Å². The summed E-state index contributed by atoms with van der Waals surface area (Å²) in [6.07, 6.45) is 0. The number of benzene rings is 1. The van der Waals surface area contributed by atoms with Crippen LogP contribution in [0.15, 0.2) is 24.3 Å². The Labute approximate surface area is 87.4 Å². The van der Waals surface area contributed by atoms with E-state index in [4.69, 9.17) is 5.11 Å². The van der Waals surface area contributed by atoms with Crippen molar-refractivity contribution in [3.63, 3.8) is 0 Å². The first-order valence-corrected chi connectivity index (χ1v) is 4.70. The summed E-state index contributed by atoms with van der Waals surface area (Å²) in [6, 6.07) is 7.22. The highest BCUT2D eigenvalue weighted by molar-refractivity contribution is 6.02. The number of nitrogens with zero attached hydrogens (tertiary/aromatic N) is 1. The number of carboxylic acid groups (broad SMARTS) is 1. The van der Waals surface area contributed by atoms with Gasteiger partial charge in [0.15, 0.2) is 0 Å². The summed E-state index contributed by atoms with van der Waals surface area (Å²) in [5.41, 5.74) is 2.71. The molecular weight excluding hydrogens is 190 g/mol. The molecule has 0 saturated carbocycles. The molecule has 0 radical (unpaired) electrons.